The van der Waals surface area contributed by atoms with E-state index in [1.807, 2.05) is 13.8 Å². The average molecular weight is 445 g/mol. The number of benzene rings is 2. The fraction of sp³-hybridized carbons (Fsp3) is 0.125. The van der Waals surface area contributed by atoms with Crippen LogP contribution in [0.3, 0.4) is 0 Å². The average Bonchev–Trinajstić information content (AvgIpc) is 3.36. The van der Waals surface area contributed by atoms with Crippen LogP contribution in [0.15, 0.2) is 63.6 Å². The monoisotopic (exact) mass is 445 g/mol. The quantitative estimate of drug-likeness (QED) is 0.233. The first kappa shape index (κ1) is 21.7. The molecule has 0 saturated carbocycles. The zero-order chi connectivity index (χ0) is 23.7. The molecule has 0 N–H and O–H groups in total. The van der Waals surface area contributed by atoms with Gasteiger partial charge in [0.2, 0.25) is 0 Å². The van der Waals surface area contributed by atoms with Crippen LogP contribution in [0.1, 0.15) is 23.8 Å². The fourth-order valence-electron chi connectivity index (χ4n) is 3.45. The van der Waals surface area contributed by atoms with Crippen LogP contribution in [0.2, 0.25) is 0 Å². The van der Waals surface area contributed by atoms with E-state index in [9.17, 15) is 19.7 Å². The molecular weight excluding hydrogens is 426 g/mol. The molecule has 9 heteroatoms. The molecule has 1 aliphatic heterocycles. The van der Waals surface area contributed by atoms with Gasteiger partial charge in [-0.3, -0.25) is 19.7 Å². The molecule has 2 aromatic carbocycles. The zero-order valence-corrected chi connectivity index (χ0v) is 18.1. The van der Waals surface area contributed by atoms with E-state index >= 15 is 0 Å². The van der Waals surface area contributed by atoms with E-state index in [0.717, 1.165) is 11.1 Å². The predicted octanol–water partition coefficient (Wildman–Crippen LogP) is 4.81. The summed E-state index contributed by atoms with van der Waals surface area (Å²) in [5.74, 6) is 0.693. The van der Waals surface area contributed by atoms with Crippen molar-refractivity contribution in [2.24, 2.45) is 5.10 Å². The number of furan rings is 1. The second-order valence-electron chi connectivity index (χ2n) is 7.48. The van der Waals surface area contributed by atoms with Gasteiger partial charge < -0.3 is 9.15 Å². The maximum atomic E-state index is 13.0. The highest BCUT2D eigenvalue weighted by Gasteiger charge is 2.29. The van der Waals surface area contributed by atoms with Crippen LogP contribution in [-0.4, -0.2) is 23.0 Å². The van der Waals surface area contributed by atoms with Gasteiger partial charge in [-0.15, -0.1) is 0 Å². The maximum Gasteiger partial charge on any atom is 0.298 e. The van der Waals surface area contributed by atoms with Gasteiger partial charge in [-0.1, -0.05) is 0 Å². The highest BCUT2D eigenvalue weighted by molar-refractivity contribution is 6.32. The Labute approximate surface area is 188 Å². The van der Waals surface area contributed by atoms with Crippen molar-refractivity contribution in [1.82, 2.24) is 0 Å². The van der Waals surface area contributed by atoms with E-state index in [-0.39, 0.29) is 11.6 Å². The number of amides is 1. The van der Waals surface area contributed by atoms with E-state index in [1.54, 1.807) is 55.5 Å². The molecule has 0 radical (unpaired) electrons. The van der Waals surface area contributed by atoms with Gasteiger partial charge in [-0.2, -0.15) is 10.1 Å². The minimum Gasteiger partial charge on any atom is -0.456 e. The summed E-state index contributed by atoms with van der Waals surface area (Å²) in [6, 6.07) is 12.9. The highest BCUT2D eigenvalue weighted by Crippen LogP contribution is 2.34. The van der Waals surface area contributed by atoms with Crippen molar-refractivity contribution in [3.05, 3.63) is 81.1 Å². The number of ether oxygens (including phenoxy) is 1. The van der Waals surface area contributed by atoms with Gasteiger partial charge in [0.05, 0.1) is 27.5 Å². The van der Waals surface area contributed by atoms with E-state index in [0.29, 0.717) is 46.3 Å². The third kappa shape index (κ3) is 4.16. The summed E-state index contributed by atoms with van der Waals surface area (Å²) in [7, 11) is 0. The van der Waals surface area contributed by atoms with Gasteiger partial charge in [0.1, 0.15) is 17.3 Å². The van der Waals surface area contributed by atoms with E-state index in [4.69, 9.17) is 9.15 Å². The van der Waals surface area contributed by atoms with Gasteiger partial charge in [0.15, 0.2) is 0 Å². The number of carbonyl (C=O) groups excluding carboxylic acids is 2. The molecule has 0 unspecified atom stereocenters. The second-order valence-corrected chi connectivity index (χ2v) is 7.48. The Balaban J connectivity index is 1.63. The van der Waals surface area contributed by atoms with Crippen LogP contribution < -0.4 is 9.75 Å². The van der Waals surface area contributed by atoms with Gasteiger partial charge in [0.25, 0.3) is 18.1 Å². The lowest BCUT2D eigenvalue weighted by molar-refractivity contribution is -0.384. The molecule has 0 saturated heterocycles. The third-order valence-electron chi connectivity index (χ3n) is 5.32. The van der Waals surface area contributed by atoms with Crippen LogP contribution >= 0.6 is 0 Å². The van der Waals surface area contributed by atoms with Crippen molar-refractivity contribution in [2.45, 2.75) is 20.8 Å². The van der Waals surface area contributed by atoms with E-state index in [2.05, 4.69) is 5.10 Å². The Morgan fingerprint density at radius 3 is 2.42 bits per heavy atom. The Morgan fingerprint density at radius 1 is 1.06 bits per heavy atom. The number of hydrazone groups is 1. The number of rotatable bonds is 6. The largest absolute Gasteiger partial charge is 0.456 e. The number of hydrogen-bond donors (Lipinski definition) is 0. The number of anilines is 1. The number of hydrogen-bond acceptors (Lipinski definition) is 7. The summed E-state index contributed by atoms with van der Waals surface area (Å²) in [5.41, 5.74) is 3.37. The van der Waals surface area contributed by atoms with Crippen LogP contribution in [0, 0.1) is 24.0 Å². The lowest BCUT2D eigenvalue weighted by Crippen LogP contribution is -2.21. The first-order valence-corrected chi connectivity index (χ1v) is 9.96. The number of nitro benzene ring substituents is 1. The SMILES string of the molecule is CC1=NN(c2ccc(OC=O)cc2)C(=O)/C1=C\c1ccc(-c2cc(C)c(C)cc2[N+](=O)[O-])o1. The van der Waals surface area contributed by atoms with E-state index < -0.39 is 4.92 Å². The number of nitro groups is 1. The molecule has 33 heavy (non-hydrogen) atoms. The van der Waals surface area contributed by atoms with Crippen LogP contribution in [0.5, 0.6) is 5.75 Å². The normalized spacial score (nSPS) is 14.5. The minimum absolute atomic E-state index is 0.0467. The first-order chi connectivity index (χ1) is 15.8. The zero-order valence-electron chi connectivity index (χ0n) is 18.1. The maximum absolute atomic E-state index is 13.0. The molecule has 0 spiro atoms. The summed E-state index contributed by atoms with van der Waals surface area (Å²) in [5, 5.41) is 17.1. The molecular formula is C24H19N3O6. The predicted molar refractivity (Wildman–Crippen MR) is 122 cm³/mol. The molecule has 0 bridgehead atoms. The molecule has 1 aromatic heterocycles. The van der Waals surface area contributed by atoms with Crippen molar-refractivity contribution in [2.75, 3.05) is 5.01 Å². The molecule has 0 atom stereocenters. The second kappa shape index (κ2) is 8.54. The van der Waals surface area contributed by atoms with Crippen molar-refractivity contribution >= 4 is 35.5 Å². The molecule has 3 aromatic rings. The Kier molecular flexibility index (Phi) is 5.61. The van der Waals surface area contributed by atoms with Crippen LogP contribution in [0.25, 0.3) is 17.4 Å². The number of aryl methyl sites for hydroxylation is 2. The minimum atomic E-state index is -0.441. The molecule has 166 valence electrons. The summed E-state index contributed by atoms with van der Waals surface area (Å²) >= 11 is 0. The van der Waals surface area contributed by atoms with Crippen molar-refractivity contribution in [1.29, 1.82) is 0 Å². The lowest BCUT2D eigenvalue weighted by Gasteiger charge is -2.11. The van der Waals surface area contributed by atoms with Crippen molar-refractivity contribution < 1.29 is 23.7 Å². The molecule has 1 amide bonds. The third-order valence-corrected chi connectivity index (χ3v) is 5.32. The smallest absolute Gasteiger partial charge is 0.298 e. The molecule has 2 heterocycles. The van der Waals surface area contributed by atoms with Gasteiger partial charge in [-0.25, -0.2) is 0 Å². The van der Waals surface area contributed by atoms with E-state index in [1.165, 1.54) is 11.1 Å². The molecule has 4 rings (SSSR count). The van der Waals surface area contributed by atoms with Gasteiger partial charge >= 0.3 is 0 Å². The molecule has 9 nitrogen and oxygen atoms in total. The van der Waals surface area contributed by atoms with Crippen molar-refractivity contribution in [3.8, 4) is 17.1 Å². The highest BCUT2D eigenvalue weighted by atomic mass is 16.6. The first-order valence-electron chi connectivity index (χ1n) is 9.96. The fourth-order valence-corrected chi connectivity index (χ4v) is 3.45. The Hall–Kier alpha value is -4.53. The number of nitrogens with zero attached hydrogens (tertiary/aromatic N) is 3. The van der Waals surface area contributed by atoms with Gasteiger partial charge in [0, 0.05) is 6.07 Å². The van der Waals surface area contributed by atoms with Crippen molar-refractivity contribution in [3.63, 3.8) is 0 Å². The molecule has 0 fully saturated rings. The summed E-state index contributed by atoms with van der Waals surface area (Å²) < 4.78 is 10.6. The summed E-state index contributed by atoms with van der Waals surface area (Å²) in [4.78, 5) is 34.5. The van der Waals surface area contributed by atoms with Crippen LogP contribution in [0.4, 0.5) is 11.4 Å². The summed E-state index contributed by atoms with van der Waals surface area (Å²) in [6.07, 6.45) is 1.56. The topological polar surface area (TPSA) is 115 Å². The standard InChI is InChI=1S/C24H19N3O6/c1-14-10-21(22(27(30)31)11-15(14)2)23-9-8-19(33-23)12-20-16(3)25-26(24(20)29)17-4-6-18(7-5-17)32-13-28/h4-13H,1-3H3/b20-12-. The molecule has 1 aliphatic rings. The van der Waals surface area contributed by atoms with Gasteiger partial charge in [-0.05, 0) is 80.4 Å². The van der Waals surface area contributed by atoms with Crippen LogP contribution in [-0.2, 0) is 9.59 Å². The Morgan fingerprint density at radius 2 is 1.76 bits per heavy atom. The Bertz CT molecular complexity index is 1330. The summed E-state index contributed by atoms with van der Waals surface area (Å²) in [6.45, 7) is 5.71. The number of carbonyl (C=O) groups is 2. The molecule has 0 aliphatic carbocycles. The lowest BCUT2D eigenvalue weighted by atomic mass is 10.0.